The van der Waals surface area contributed by atoms with E-state index in [4.69, 9.17) is 0 Å². The zero-order chi connectivity index (χ0) is 12.3. The van der Waals surface area contributed by atoms with Gasteiger partial charge in [-0.3, -0.25) is 0 Å². The first-order valence-electron chi connectivity index (χ1n) is 5.18. The topological polar surface area (TPSA) is 45.1 Å². The lowest BCUT2D eigenvalue weighted by Crippen LogP contribution is -2.30. The number of rotatable bonds is 4. The summed E-state index contributed by atoms with van der Waals surface area (Å²) in [5.74, 6) is 0.169. The number of aliphatic hydroxyl groups is 1. The van der Waals surface area contributed by atoms with Gasteiger partial charge in [0, 0.05) is 6.54 Å². The summed E-state index contributed by atoms with van der Waals surface area (Å²) in [6.45, 7) is 2.05. The van der Waals surface area contributed by atoms with E-state index in [2.05, 4.69) is 10.3 Å². The maximum Gasteiger partial charge on any atom is 0.141 e. The van der Waals surface area contributed by atoms with Gasteiger partial charge in [-0.2, -0.15) is 11.3 Å². The van der Waals surface area contributed by atoms with Gasteiger partial charge in [0.2, 0.25) is 0 Å². The Balaban J connectivity index is 2.00. The van der Waals surface area contributed by atoms with Gasteiger partial charge in [-0.05, 0) is 41.4 Å². The van der Waals surface area contributed by atoms with Crippen LogP contribution in [0.3, 0.4) is 0 Å². The predicted molar refractivity (Wildman–Crippen MR) is 66.6 cm³/mol. The van der Waals surface area contributed by atoms with Crippen molar-refractivity contribution in [3.63, 3.8) is 0 Å². The predicted octanol–water partition coefficient (Wildman–Crippen LogP) is 2.60. The van der Waals surface area contributed by atoms with Gasteiger partial charge in [0.1, 0.15) is 17.2 Å². The quantitative estimate of drug-likeness (QED) is 0.879. The lowest BCUT2D eigenvalue weighted by Gasteiger charge is -2.23. The maximum atomic E-state index is 12.6. The van der Waals surface area contributed by atoms with Crippen LogP contribution in [-0.2, 0) is 5.60 Å². The molecule has 0 aliphatic carbocycles. The lowest BCUT2D eigenvalue weighted by atomic mass is 9.99. The Labute approximate surface area is 103 Å². The van der Waals surface area contributed by atoms with Crippen molar-refractivity contribution in [3.05, 3.63) is 46.5 Å². The Kier molecular flexibility index (Phi) is 3.40. The molecule has 0 spiro atoms. The average Bonchev–Trinajstić information content (AvgIpc) is 2.82. The van der Waals surface area contributed by atoms with Crippen molar-refractivity contribution in [2.45, 2.75) is 12.5 Å². The number of nitrogens with zero attached hydrogens (tertiary/aromatic N) is 1. The van der Waals surface area contributed by atoms with Crippen LogP contribution >= 0.6 is 11.3 Å². The summed E-state index contributed by atoms with van der Waals surface area (Å²) in [5, 5.41) is 17.0. The number of anilines is 1. The van der Waals surface area contributed by atoms with E-state index < -0.39 is 5.60 Å². The molecule has 0 aliphatic heterocycles. The number of pyridine rings is 1. The van der Waals surface area contributed by atoms with Gasteiger partial charge < -0.3 is 10.4 Å². The van der Waals surface area contributed by atoms with Gasteiger partial charge in [0.25, 0.3) is 0 Å². The third-order valence-corrected chi connectivity index (χ3v) is 3.17. The molecule has 3 nitrogen and oxygen atoms in total. The molecule has 0 saturated carbocycles. The summed E-state index contributed by atoms with van der Waals surface area (Å²) in [4.78, 5) is 3.87. The second kappa shape index (κ2) is 4.81. The molecule has 0 saturated heterocycles. The van der Waals surface area contributed by atoms with Crippen LogP contribution in [0.1, 0.15) is 12.5 Å². The van der Waals surface area contributed by atoms with Gasteiger partial charge in [-0.25, -0.2) is 9.37 Å². The van der Waals surface area contributed by atoms with Crippen LogP contribution in [0.4, 0.5) is 10.2 Å². The molecular formula is C12H13FN2OS. The second-order valence-corrected chi connectivity index (χ2v) is 4.78. The van der Waals surface area contributed by atoms with Crippen LogP contribution in [0.2, 0.25) is 0 Å². The van der Waals surface area contributed by atoms with E-state index in [1.165, 1.54) is 17.4 Å². The largest absolute Gasteiger partial charge is 0.384 e. The monoisotopic (exact) mass is 252 g/mol. The summed E-state index contributed by atoms with van der Waals surface area (Å²) < 4.78 is 12.6. The van der Waals surface area contributed by atoms with E-state index in [0.29, 0.717) is 12.4 Å². The Morgan fingerprint density at radius 1 is 1.47 bits per heavy atom. The number of aromatic nitrogens is 1. The van der Waals surface area contributed by atoms with Crippen molar-refractivity contribution < 1.29 is 9.50 Å². The third-order valence-electron chi connectivity index (χ3n) is 2.48. The number of nitrogens with one attached hydrogen (secondary N) is 1. The Morgan fingerprint density at radius 2 is 2.29 bits per heavy atom. The standard InChI is InChI=1S/C12H13FN2OS/c1-12(16,9-4-5-17-7-9)8-15-11-3-2-10(13)6-14-11/h2-7,16H,8H2,1H3,(H,14,15)/t12-/m1/s1. The summed E-state index contributed by atoms with van der Waals surface area (Å²) in [6.07, 6.45) is 1.14. The van der Waals surface area contributed by atoms with Crippen molar-refractivity contribution in [2.24, 2.45) is 0 Å². The molecule has 17 heavy (non-hydrogen) atoms. The van der Waals surface area contributed by atoms with Crippen molar-refractivity contribution in [1.29, 1.82) is 0 Å². The van der Waals surface area contributed by atoms with Crippen LogP contribution in [0.5, 0.6) is 0 Å². The molecule has 2 aromatic rings. The zero-order valence-electron chi connectivity index (χ0n) is 9.35. The molecule has 90 valence electrons. The molecule has 5 heteroatoms. The minimum Gasteiger partial charge on any atom is -0.384 e. The van der Waals surface area contributed by atoms with Gasteiger partial charge >= 0.3 is 0 Å². The molecule has 0 fully saturated rings. The van der Waals surface area contributed by atoms with Crippen molar-refractivity contribution >= 4 is 17.2 Å². The Bertz CT molecular complexity index is 468. The molecule has 0 amide bonds. The summed E-state index contributed by atoms with van der Waals surface area (Å²) in [5.41, 5.74) is -0.104. The highest BCUT2D eigenvalue weighted by molar-refractivity contribution is 7.08. The molecule has 0 bridgehead atoms. The molecule has 0 aromatic carbocycles. The average molecular weight is 252 g/mol. The smallest absolute Gasteiger partial charge is 0.141 e. The fourth-order valence-electron chi connectivity index (χ4n) is 1.42. The SMILES string of the molecule is C[C@@](O)(CNc1ccc(F)cn1)c1ccsc1. The van der Waals surface area contributed by atoms with E-state index in [1.807, 2.05) is 16.8 Å². The van der Waals surface area contributed by atoms with Crippen LogP contribution in [0, 0.1) is 5.82 Å². The second-order valence-electron chi connectivity index (χ2n) is 4.00. The molecule has 2 aromatic heterocycles. The van der Waals surface area contributed by atoms with E-state index in [0.717, 1.165) is 11.8 Å². The van der Waals surface area contributed by atoms with Crippen LogP contribution < -0.4 is 5.32 Å². The van der Waals surface area contributed by atoms with Crippen LogP contribution in [-0.4, -0.2) is 16.6 Å². The number of halogens is 1. The van der Waals surface area contributed by atoms with Gasteiger partial charge in [0.15, 0.2) is 0 Å². The Hall–Kier alpha value is -1.46. The maximum absolute atomic E-state index is 12.6. The fourth-order valence-corrected chi connectivity index (χ4v) is 2.20. The lowest BCUT2D eigenvalue weighted by molar-refractivity contribution is 0.0719. The molecule has 0 radical (unpaired) electrons. The number of hydrogen-bond donors (Lipinski definition) is 2. The van der Waals surface area contributed by atoms with Crippen molar-refractivity contribution in [3.8, 4) is 0 Å². The van der Waals surface area contributed by atoms with Crippen LogP contribution in [0.25, 0.3) is 0 Å². The first kappa shape index (κ1) is 12.0. The molecule has 1 atom stereocenters. The van der Waals surface area contributed by atoms with Gasteiger partial charge in [-0.15, -0.1) is 0 Å². The van der Waals surface area contributed by atoms with Gasteiger partial charge in [0.05, 0.1) is 6.20 Å². The Morgan fingerprint density at radius 3 is 2.88 bits per heavy atom. The van der Waals surface area contributed by atoms with Crippen LogP contribution in [0.15, 0.2) is 35.2 Å². The third kappa shape index (κ3) is 3.01. The highest BCUT2D eigenvalue weighted by atomic mass is 32.1. The van der Waals surface area contributed by atoms with E-state index in [9.17, 15) is 9.50 Å². The minimum absolute atomic E-state index is 0.322. The number of hydrogen-bond acceptors (Lipinski definition) is 4. The molecule has 2 heterocycles. The van der Waals surface area contributed by atoms with Crippen molar-refractivity contribution in [1.82, 2.24) is 4.98 Å². The molecule has 2 N–H and O–H groups in total. The minimum atomic E-state index is -0.962. The molecule has 2 rings (SSSR count). The highest BCUT2D eigenvalue weighted by Crippen LogP contribution is 2.23. The zero-order valence-corrected chi connectivity index (χ0v) is 10.2. The first-order valence-corrected chi connectivity index (χ1v) is 6.13. The first-order chi connectivity index (χ1) is 8.08. The van der Waals surface area contributed by atoms with Crippen molar-refractivity contribution in [2.75, 3.05) is 11.9 Å². The van der Waals surface area contributed by atoms with Gasteiger partial charge in [-0.1, -0.05) is 0 Å². The summed E-state index contributed by atoms with van der Waals surface area (Å²) in [6, 6.07) is 4.75. The molecular weight excluding hydrogens is 239 g/mol. The normalized spacial score (nSPS) is 14.3. The number of thiophene rings is 1. The molecule has 0 unspecified atom stereocenters. The summed E-state index contributed by atoms with van der Waals surface area (Å²) >= 11 is 1.54. The highest BCUT2D eigenvalue weighted by Gasteiger charge is 2.23. The van der Waals surface area contributed by atoms with E-state index in [1.54, 1.807) is 13.0 Å². The van der Waals surface area contributed by atoms with E-state index in [-0.39, 0.29) is 5.82 Å². The molecule has 0 aliphatic rings. The fraction of sp³-hybridized carbons (Fsp3) is 0.250. The van der Waals surface area contributed by atoms with E-state index >= 15 is 0 Å². The summed E-state index contributed by atoms with van der Waals surface area (Å²) in [7, 11) is 0.